The van der Waals surface area contributed by atoms with Crippen molar-refractivity contribution in [3.05, 3.63) is 0 Å². The first-order chi connectivity index (χ1) is 17.2. The number of quaternary nitrogens is 3. The molecule has 0 rings (SSSR count). The van der Waals surface area contributed by atoms with Gasteiger partial charge in [0.15, 0.2) is 0 Å². The van der Waals surface area contributed by atoms with Crippen LogP contribution < -0.4 is 17.2 Å². The Hall–Kier alpha value is -0.380. The van der Waals surface area contributed by atoms with Crippen molar-refractivity contribution in [3.63, 3.8) is 0 Å². The average Bonchev–Trinajstić information content (AvgIpc) is 2.78. The Kier molecular flexibility index (Phi) is 50.4. The second-order valence-corrected chi connectivity index (χ2v) is 10.4. The Morgan fingerprint density at radius 1 is 0.459 bits per heavy atom. The van der Waals surface area contributed by atoms with Gasteiger partial charge in [-0.3, -0.25) is 13.0 Å². The summed E-state index contributed by atoms with van der Waals surface area (Å²) in [6, 6.07) is 0. The zero-order chi connectivity index (χ0) is 29.8. The van der Waals surface area contributed by atoms with Crippen molar-refractivity contribution in [3.8, 4) is 0 Å². The van der Waals surface area contributed by atoms with E-state index in [9.17, 15) is 0 Å². The largest absolute Gasteiger partial charge is 0.759 e. The van der Waals surface area contributed by atoms with Crippen molar-refractivity contribution in [2.45, 2.75) is 136 Å². The number of hydrogen-bond donors (Lipinski definition) is 4. The molecule has 0 spiro atoms. The molecule has 0 aromatic carbocycles. The van der Waals surface area contributed by atoms with Crippen molar-refractivity contribution in [1.82, 2.24) is 0 Å². The predicted octanol–water partition coefficient (Wildman–Crippen LogP) is 2.43. The van der Waals surface area contributed by atoms with E-state index >= 15 is 0 Å². The van der Waals surface area contributed by atoms with E-state index in [4.69, 9.17) is 35.0 Å². The van der Waals surface area contributed by atoms with Crippen molar-refractivity contribution in [2.75, 3.05) is 19.6 Å². The van der Waals surface area contributed by atoms with Gasteiger partial charge in [-0.15, -0.1) is 0 Å². The molecule has 0 saturated heterocycles. The SMILES string of the molecule is CCCCCCCC[NH3+].CCCCCCCC[NH3+].CCCCCCCC[NH3+].O=S(=O)([O-])O.O=S(=O)([O-])[O-]. The summed E-state index contributed by atoms with van der Waals surface area (Å²) in [5, 5.41) is 0. The van der Waals surface area contributed by atoms with Crippen LogP contribution in [0.15, 0.2) is 0 Å². The summed E-state index contributed by atoms with van der Waals surface area (Å²) < 4.78 is 66.9. The van der Waals surface area contributed by atoms with Crippen LogP contribution in [0, 0.1) is 0 Å². The Bertz CT molecular complexity index is 481. The van der Waals surface area contributed by atoms with Gasteiger partial charge < -0.3 is 30.9 Å². The lowest BCUT2D eigenvalue weighted by Gasteiger charge is -2.06. The van der Waals surface area contributed by atoms with E-state index in [0.29, 0.717) is 0 Å². The molecule has 37 heavy (non-hydrogen) atoms. The lowest BCUT2D eigenvalue weighted by atomic mass is 10.1. The summed E-state index contributed by atoms with van der Waals surface area (Å²) in [4.78, 5) is 0. The third-order valence-electron chi connectivity index (χ3n) is 4.81. The van der Waals surface area contributed by atoms with Crippen LogP contribution in [0.25, 0.3) is 0 Å². The third kappa shape index (κ3) is 130. The smallest absolute Gasteiger partial charge is 0.215 e. The summed E-state index contributed by atoms with van der Waals surface area (Å²) in [5.74, 6) is 0. The molecule has 232 valence electrons. The number of unbranched alkanes of at least 4 members (excludes halogenated alkanes) is 15. The predicted molar refractivity (Wildman–Crippen MR) is 146 cm³/mol. The molecule has 0 fully saturated rings. The van der Waals surface area contributed by atoms with Crippen molar-refractivity contribution >= 4 is 20.8 Å². The molecule has 0 unspecified atom stereocenters. The summed E-state index contributed by atoms with van der Waals surface area (Å²) in [7, 11) is -10.1. The van der Waals surface area contributed by atoms with Crippen LogP contribution in [-0.2, 0) is 20.8 Å². The maximum Gasteiger partial charge on any atom is 0.215 e. The highest BCUT2D eigenvalue weighted by Gasteiger charge is 1.88. The van der Waals surface area contributed by atoms with Gasteiger partial charge in [-0.05, 0) is 38.5 Å². The lowest BCUT2D eigenvalue weighted by molar-refractivity contribution is -0.368. The number of rotatable bonds is 18. The van der Waals surface area contributed by atoms with Crippen molar-refractivity contribution in [2.24, 2.45) is 0 Å². The molecule has 11 nitrogen and oxygen atoms in total. The Morgan fingerprint density at radius 2 is 0.595 bits per heavy atom. The first kappa shape index (κ1) is 46.5. The van der Waals surface area contributed by atoms with E-state index in [0.717, 1.165) is 19.6 Å². The van der Waals surface area contributed by atoms with Crippen LogP contribution in [-0.4, -0.2) is 54.7 Å². The van der Waals surface area contributed by atoms with Gasteiger partial charge in [0, 0.05) is 10.4 Å². The minimum atomic E-state index is -5.17. The fourth-order valence-corrected chi connectivity index (χ4v) is 2.87. The van der Waals surface area contributed by atoms with E-state index in [2.05, 4.69) is 38.0 Å². The molecule has 0 radical (unpaired) electrons. The van der Waals surface area contributed by atoms with Crippen LogP contribution in [0.2, 0.25) is 0 Å². The molecule has 0 heterocycles. The summed E-state index contributed by atoms with van der Waals surface area (Å²) >= 11 is 0. The minimum Gasteiger partial charge on any atom is -0.759 e. The zero-order valence-corrected chi connectivity index (χ0v) is 25.7. The first-order valence-electron chi connectivity index (χ1n) is 14.0. The fraction of sp³-hybridized carbons (Fsp3) is 1.00. The molecule has 10 N–H and O–H groups in total. The van der Waals surface area contributed by atoms with E-state index in [1.54, 1.807) is 0 Å². The highest BCUT2D eigenvalue weighted by atomic mass is 32.3. The highest BCUT2D eigenvalue weighted by Crippen LogP contribution is 2.04. The van der Waals surface area contributed by atoms with Crippen molar-refractivity contribution < 1.29 is 52.2 Å². The molecule has 0 atom stereocenters. The monoisotopic (exact) mass is 583 g/mol. The summed E-state index contributed by atoms with van der Waals surface area (Å²) in [6.07, 6.45) is 25.0. The average molecular weight is 584 g/mol. The molecule has 0 saturated carbocycles. The Morgan fingerprint density at radius 3 is 0.730 bits per heavy atom. The molecule has 0 amide bonds. The minimum absolute atomic E-state index is 1.12. The highest BCUT2D eigenvalue weighted by molar-refractivity contribution is 7.80. The maximum absolute atomic E-state index is 8.63. The molecule has 13 heteroatoms. The van der Waals surface area contributed by atoms with Gasteiger partial charge in [0.05, 0.1) is 19.6 Å². The fourth-order valence-electron chi connectivity index (χ4n) is 2.87. The zero-order valence-electron chi connectivity index (χ0n) is 24.1. The van der Waals surface area contributed by atoms with Crippen molar-refractivity contribution in [1.29, 1.82) is 0 Å². The molecular formula is C24H61N3O8S2. The van der Waals surface area contributed by atoms with Gasteiger partial charge in [-0.25, -0.2) is 8.42 Å². The van der Waals surface area contributed by atoms with Gasteiger partial charge in [0.2, 0.25) is 10.4 Å². The standard InChI is InChI=1S/3C8H19N.2H2O4S/c3*1-2-3-4-5-6-7-8-9;2*1-5(2,3)4/h3*2-9H2,1H3;2*(H2,1,2,3,4). The normalized spacial score (nSPS) is 10.4. The van der Waals surface area contributed by atoms with E-state index in [1.807, 2.05) is 0 Å². The summed E-state index contributed by atoms with van der Waals surface area (Å²) in [5.41, 5.74) is 11.4. The van der Waals surface area contributed by atoms with Crippen LogP contribution in [0.5, 0.6) is 0 Å². The van der Waals surface area contributed by atoms with Crippen LogP contribution in [0.4, 0.5) is 0 Å². The van der Waals surface area contributed by atoms with Crippen LogP contribution in [0.1, 0.15) is 136 Å². The Balaban J connectivity index is -0.000000118. The molecule has 0 aliphatic rings. The maximum atomic E-state index is 8.63. The molecular weight excluding hydrogens is 522 g/mol. The molecule has 0 aromatic heterocycles. The first-order valence-corrected chi connectivity index (χ1v) is 16.7. The van der Waals surface area contributed by atoms with Gasteiger partial charge in [0.25, 0.3) is 0 Å². The molecule has 0 aliphatic heterocycles. The van der Waals surface area contributed by atoms with Gasteiger partial charge in [-0.2, -0.15) is 0 Å². The third-order valence-corrected chi connectivity index (χ3v) is 4.81. The number of hydrogen-bond acceptors (Lipinski definition) is 7. The van der Waals surface area contributed by atoms with Crippen LogP contribution in [0.3, 0.4) is 0 Å². The van der Waals surface area contributed by atoms with E-state index in [-0.39, 0.29) is 0 Å². The molecule has 0 bridgehead atoms. The van der Waals surface area contributed by atoms with Gasteiger partial charge in [0.1, 0.15) is 0 Å². The van der Waals surface area contributed by atoms with E-state index in [1.165, 1.54) is 116 Å². The second-order valence-electron chi connectivity index (χ2n) is 8.70. The topological polar surface area (TPSA) is 241 Å². The molecule has 0 aromatic rings. The molecule has 0 aliphatic carbocycles. The summed E-state index contributed by atoms with van der Waals surface area (Å²) in [6.45, 7) is 10.1. The quantitative estimate of drug-likeness (QED) is 0.106. The Labute approximate surface area is 228 Å². The van der Waals surface area contributed by atoms with E-state index < -0.39 is 20.8 Å². The lowest BCUT2D eigenvalue weighted by Crippen LogP contribution is -2.50. The van der Waals surface area contributed by atoms with Gasteiger partial charge in [-0.1, -0.05) is 97.8 Å². The van der Waals surface area contributed by atoms with Crippen LogP contribution >= 0.6 is 0 Å². The second kappa shape index (κ2) is 40.1. The van der Waals surface area contributed by atoms with Gasteiger partial charge >= 0.3 is 0 Å².